The summed E-state index contributed by atoms with van der Waals surface area (Å²) < 4.78 is 5.21. The van der Waals surface area contributed by atoms with Gasteiger partial charge in [-0.15, -0.1) is 0 Å². The molecule has 1 rings (SSSR count). The van der Waals surface area contributed by atoms with Gasteiger partial charge in [-0.1, -0.05) is 31.9 Å². The lowest BCUT2D eigenvalue weighted by Crippen LogP contribution is -2.51. The Kier molecular flexibility index (Phi) is 10.9. The summed E-state index contributed by atoms with van der Waals surface area (Å²) in [6.07, 6.45) is 5.93. The number of phenols is 1. The fourth-order valence-corrected chi connectivity index (χ4v) is 3.02. The van der Waals surface area contributed by atoms with Crippen LogP contribution in [0.5, 0.6) is 5.75 Å². The van der Waals surface area contributed by atoms with Gasteiger partial charge in [-0.05, 0) is 51.3 Å². The van der Waals surface area contributed by atoms with Gasteiger partial charge in [-0.3, -0.25) is 19.3 Å². The fourth-order valence-electron chi connectivity index (χ4n) is 3.02. The molecule has 1 aromatic carbocycles. The molecule has 0 aliphatic heterocycles. The molecule has 10 heteroatoms. The maximum atomic E-state index is 13.4. The van der Waals surface area contributed by atoms with Gasteiger partial charge >= 0.3 is 6.09 Å². The van der Waals surface area contributed by atoms with Crippen LogP contribution in [-0.2, 0) is 19.1 Å². The Bertz CT molecular complexity index is 919. The maximum absolute atomic E-state index is 13.4. The van der Waals surface area contributed by atoms with Gasteiger partial charge in [0.1, 0.15) is 23.4 Å². The molecule has 34 heavy (non-hydrogen) atoms. The van der Waals surface area contributed by atoms with E-state index in [-0.39, 0.29) is 24.2 Å². The molecule has 0 saturated heterocycles. The van der Waals surface area contributed by atoms with Gasteiger partial charge in [0.25, 0.3) is 5.91 Å². The zero-order valence-electron chi connectivity index (χ0n) is 20.1. The van der Waals surface area contributed by atoms with Crippen LogP contribution in [0, 0.1) is 12.5 Å². The number of primary amides is 1. The third kappa shape index (κ3) is 9.40. The molecule has 1 aromatic rings. The lowest BCUT2D eigenvalue weighted by molar-refractivity contribution is -0.138. The molecule has 0 fully saturated rings. The monoisotopic (exact) mass is 474 g/mol. The molecule has 2 atom stereocenters. The van der Waals surface area contributed by atoms with E-state index in [2.05, 4.69) is 16.7 Å². The highest BCUT2D eigenvalue weighted by Crippen LogP contribution is 2.25. The number of nitrogens with two attached hydrogens (primary N) is 1. The number of alkyl carbamates (subject to hydrolysis) is 1. The minimum atomic E-state index is -1.29. The van der Waals surface area contributed by atoms with Crippen molar-refractivity contribution in [1.82, 2.24) is 15.5 Å². The molecular formula is C24H34N4O6. The first-order valence-corrected chi connectivity index (χ1v) is 11.0. The molecule has 0 aliphatic rings. The molecule has 2 unspecified atom stereocenters. The van der Waals surface area contributed by atoms with Gasteiger partial charge in [0, 0.05) is 19.0 Å². The Hall–Kier alpha value is -3.74. The highest BCUT2D eigenvalue weighted by Gasteiger charge is 2.36. The van der Waals surface area contributed by atoms with E-state index < -0.39 is 41.5 Å². The number of ether oxygens (including phenoxy) is 1. The number of phenolic OH excluding ortho intramolecular Hbond substituents is 1. The molecule has 0 bridgehead atoms. The van der Waals surface area contributed by atoms with E-state index in [9.17, 15) is 24.3 Å². The molecule has 186 valence electrons. The topological polar surface area (TPSA) is 151 Å². The number of aromatic hydroxyl groups is 1. The first kappa shape index (κ1) is 28.3. The van der Waals surface area contributed by atoms with Crippen molar-refractivity contribution in [2.45, 2.75) is 71.1 Å². The number of unbranched alkanes of at least 4 members (excludes halogenated alkanes) is 1. The van der Waals surface area contributed by atoms with E-state index in [1.54, 1.807) is 26.8 Å². The third-order valence-corrected chi connectivity index (χ3v) is 4.57. The lowest BCUT2D eigenvalue weighted by atomic mass is 10.0. The number of carbonyl (C=O) groups excluding carboxylic acids is 4. The number of terminal acetylenes is 1. The van der Waals surface area contributed by atoms with Gasteiger partial charge in [0.05, 0.1) is 0 Å². The summed E-state index contributed by atoms with van der Waals surface area (Å²) in [6, 6.07) is 5.42. The van der Waals surface area contributed by atoms with Crippen molar-refractivity contribution < 1.29 is 29.0 Å². The Morgan fingerprint density at radius 3 is 2.47 bits per heavy atom. The number of rotatable bonds is 11. The van der Waals surface area contributed by atoms with Crippen molar-refractivity contribution >= 4 is 23.8 Å². The molecule has 0 saturated carbocycles. The second kappa shape index (κ2) is 13.1. The minimum Gasteiger partial charge on any atom is -0.508 e. The Morgan fingerprint density at radius 2 is 1.94 bits per heavy atom. The third-order valence-electron chi connectivity index (χ3n) is 4.57. The second-order valence-electron chi connectivity index (χ2n) is 8.68. The van der Waals surface area contributed by atoms with Crippen molar-refractivity contribution in [3.63, 3.8) is 0 Å². The van der Waals surface area contributed by atoms with Crippen LogP contribution < -0.4 is 16.4 Å². The summed E-state index contributed by atoms with van der Waals surface area (Å²) >= 11 is 0. The van der Waals surface area contributed by atoms with Gasteiger partial charge in [-0.2, -0.15) is 0 Å². The van der Waals surface area contributed by atoms with Crippen molar-refractivity contribution in [1.29, 1.82) is 0 Å². The molecule has 4 amide bonds. The summed E-state index contributed by atoms with van der Waals surface area (Å²) in [5.41, 5.74) is 4.66. The van der Waals surface area contributed by atoms with E-state index in [1.807, 2.05) is 6.92 Å². The number of nitrogens with zero attached hydrogens (tertiary/aromatic N) is 1. The van der Waals surface area contributed by atoms with Gasteiger partial charge in [0.2, 0.25) is 11.8 Å². The van der Waals surface area contributed by atoms with E-state index in [1.165, 1.54) is 18.2 Å². The average Bonchev–Trinajstić information content (AvgIpc) is 2.73. The van der Waals surface area contributed by atoms with Crippen LogP contribution in [0.3, 0.4) is 0 Å². The minimum absolute atomic E-state index is 0.120. The summed E-state index contributed by atoms with van der Waals surface area (Å²) in [4.78, 5) is 51.0. The van der Waals surface area contributed by atoms with E-state index in [4.69, 9.17) is 16.9 Å². The van der Waals surface area contributed by atoms with Gasteiger partial charge in [-0.25, -0.2) is 4.79 Å². The fraction of sp³-hybridized carbons (Fsp3) is 0.500. The van der Waals surface area contributed by atoms with E-state index >= 15 is 0 Å². The summed E-state index contributed by atoms with van der Waals surface area (Å²) in [5, 5.41) is 15.1. The zero-order valence-corrected chi connectivity index (χ0v) is 20.1. The molecule has 10 nitrogen and oxygen atoms in total. The van der Waals surface area contributed by atoms with Crippen LogP contribution in [0.25, 0.3) is 0 Å². The summed E-state index contributed by atoms with van der Waals surface area (Å²) in [5.74, 6) is -2.17. The first-order chi connectivity index (χ1) is 15.9. The summed E-state index contributed by atoms with van der Waals surface area (Å²) in [7, 11) is 0. The van der Waals surface area contributed by atoms with Crippen molar-refractivity contribution in [2.75, 3.05) is 6.54 Å². The quantitative estimate of drug-likeness (QED) is 0.219. The molecule has 0 aromatic heterocycles. The first-order valence-electron chi connectivity index (χ1n) is 11.0. The molecule has 5 N–H and O–H groups in total. The van der Waals surface area contributed by atoms with Gasteiger partial charge in [0.15, 0.2) is 0 Å². The SMILES string of the molecule is C#CN(C(=O)C(CCC(N)=O)NC(=O)OC(C)(C)C)C(C(=O)NCCCC)c1cccc(O)c1. The smallest absolute Gasteiger partial charge is 0.408 e. The predicted molar refractivity (Wildman–Crippen MR) is 126 cm³/mol. The van der Waals surface area contributed by atoms with Crippen molar-refractivity contribution in [3.8, 4) is 18.2 Å². The van der Waals surface area contributed by atoms with Crippen molar-refractivity contribution in [3.05, 3.63) is 29.8 Å². The van der Waals surface area contributed by atoms with Gasteiger partial charge < -0.3 is 26.2 Å². The van der Waals surface area contributed by atoms with Crippen LogP contribution >= 0.6 is 0 Å². The molecule has 0 heterocycles. The zero-order chi connectivity index (χ0) is 25.9. The van der Waals surface area contributed by atoms with Crippen molar-refractivity contribution in [2.24, 2.45) is 5.73 Å². The molecular weight excluding hydrogens is 440 g/mol. The highest BCUT2D eigenvalue weighted by molar-refractivity contribution is 5.93. The molecule has 0 radical (unpaired) electrons. The van der Waals surface area contributed by atoms with Crippen LogP contribution in [-0.4, -0.2) is 52.0 Å². The van der Waals surface area contributed by atoms with Crippen LogP contribution in [0.2, 0.25) is 0 Å². The maximum Gasteiger partial charge on any atom is 0.408 e. The van der Waals surface area contributed by atoms with Crippen LogP contribution in [0.4, 0.5) is 4.79 Å². The molecule has 0 spiro atoms. The standard InChI is InChI=1S/C24H34N4O6/c1-6-8-14-26-21(31)20(16-10-9-11-17(29)15-16)28(7-2)22(32)18(12-13-19(25)30)27-23(33)34-24(3,4)5/h2,9-11,15,18,20,29H,6,8,12-14H2,1,3-5H3,(H2,25,30)(H,26,31)(H,27,33). The van der Waals surface area contributed by atoms with Crippen LogP contribution in [0.15, 0.2) is 24.3 Å². The number of nitrogens with one attached hydrogen (secondary N) is 2. The summed E-state index contributed by atoms with van der Waals surface area (Å²) in [6.45, 7) is 7.28. The average molecular weight is 475 g/mol. The Balaban J connectivity index is 3.32. The predicted octanol–water partition coefficient (Wildman–Crippen LogP) is 1.93. The number of amides is 4. The molecule has 0 aliphatic carbocycles. The Morgan fingerprint density at radius 1 is 1.26 bits per heavy atom. The number of hydrogen-bond acceptors (Lipinski definition) is 6. The largest absolute Gasteiger partial charge is 0.508 e. The Labute approximate surface area is 200 Å². The number of benzene rings is 1. The normalized spacial score (nSPS) is 12.6. The van der Waals surface area contributed by atoms with Crippen LogP contribution in [0.1, 0.15) is 65.0 Å². The lowest BCUT2D eigenvalue weighted by Gasteiger charge is -2.30. The van der Waals surface area contributed by atoms with E-state index in [0.29, 0.717) is 13.0 Å². The highest BCUT2D eigenvalue weighted by atomic mass is 16.6. The second-order valence-corrected chi connectivity index (χ2v) is 8.68. The van der Waals surface area contributed by atoms with E-state index in [0.717, 1.165) is 11.3 Å². The number of carbonyl (C=O) groups is 4. The number of hydrogen-bond donors (Lipinski definition) is 4.